The number of fused-ring (bicyclic) bond motifs is 6. The number of benzene rings is 9. The average molecular weight is 711 g/mol. The number of hydrogen-bond donors (Lipinski definition) is 0. The fourth-order valence-corrected chi connectivity index (χ4v) is 9.50. The zero-order valence-corrected chi connectivity index (χ0v) is 30.9. The Morgan fingerprint density at radius 2 is 0.661 bits per heavy atom. The minimum Gasteiger partial charge on any atom is -0.0622 e. The predicted octanol–water partition coefficient (Wildman–Crippen LogP) is 14.7. The van der Waals surface area contributed by atoms with E-state index in [0.29, 0.717) is 0 Å². The highest BCUT2D eigenvalue weighted by Gasteiger charge is 2.34. The summed E-state index contributed by atoms with van der Waals surface area (Å²) in [6.45, 7) is 0. The first-order valence-corrected chi connectivity index (χ1v) is 19.7. The highest BCUT2D eigenvalue weighted by molar-refractivity contribution is 5.95. The first kappa shape index (κ1) is 32.4. The van der Waals surface area contributed by atoms with Gasteiger partial charge >= 0.3 is 0 Å². The Labute approximate surface area is 329 Å². The van der Waals surface area contributed by atoms with Crippen LogP contribution in [0.25, 0.3) is 66.8 Å². The van der Waals surface area contributed by atoms with E-state index in [0.717, 1.165) is 0 Å². The summed E-state index contributed by atoms with van der Waals surface area (Å²) in [7, 11) is 0. The maximum atomic E-state index is 2.45. The second kappa shape index (κ2) is 13.4. The average Bonchev–Trinajstić information content (AvgIpc) is 3.80. The topological polar surface area (TPSA) is 0 Å². The van der Waals surface area contributed by atoms with Crippen LogP contribution in [0.2, 0.25) is 0 Å². The van der Waals surface area contributed by atoms with Crippen LogP contribution in [-0.4, -0.2) is 0 Å². The normalized spacial score (nSPS) is 14.8. The van der Waals surface area contributed by atoms with E-state index in [1.54, 1.807) is 0 Å². The van der Waals surface area contributed by atoms with Crippen LogP contribution in [-0.2, 0) is 0 Å². The Bertz CT molecular complexity index is 2880. The fraction of sp³-hybridized carbons (Fsp3) is 0.0357. The van der Waals surface area contributed by atoms with E-state index in [1.807, 2.05) is 0 Å². The Morgan fingerprint density at radius 1 is 0.214 bits per heavy atom. The summed E-state index contributed by atoms with van der Waals surface area (Å²) in [5.74, 6) is 0.341. The number of rotatable bonds is 6. The molecule has 9 aromatic carbocycles. The van der Waals surface area contributed by atoms with Gasteiger partial charge in [0.1, 0.15) is 0 Å². The molecular formula is C56H38. The van der Waals surface area contributed by atoms with E-state index in [1.165, 1.54) is 100 Å². The van der Waals surface area contributed by atoms with Gasteiger partial charge in [0.2, 0.25) is 0 Å². The van der Waals surface area contributed by atoms with Gasteiger partial charge in [0.15, 0.2) is 0 Å². The smallest absolute Gasteiger partial charge is 0.0352 e. The summed E-state index contributed by atoms with van der Waals surface area (Å²) in [5.41, 5.74) is 23.4. The van der Waals surface area contributed by atoms with Crippen LogP contribution in [0.3, 0.4) is 0 Å². The van der Waals surface area contributed by atoms with Gasteiger partial charge in [-0.25, -0.2) is 0 Å². The van der Waals surface area contributed by atoms with Gasteiger partial charge in [-0.1, -0.05) is 206 Å². The lowest BCUT2D eigenvalue weighted by atomic mass is 9.84. The Morgan fingerprint density at radius 3 is 1.34 bits per heavy atom. The van der Waals surface area contributed by atoms with Crippen molar-refractivity contribution in [2.24, 2.45) is 0 Å². The molecule has 0 heteroatoms. The van der Waals surface area contributed by atoms with Gasteiger partial charge in [-0.05, 0) is 112 Å². The Hall–Kier alpha value is -7.02. The molecule has 0 aromatic heterocycles. The molecule has 0 saturated heterocycles. The van der Waals surface area contributed by atoms with E-state index < -0.39 is 0 Å². The van der Waals surface area contributed by atoms with Crippen molar-refractivity contribution >= 4 is 0 Å². The third-order valence-electron chi connectivity index (χ3n) is 12.0. The first-order valence-electron chi connectivity index (χ1n) is 19.7. The maximum Gasteiger partial charge on any atom is 0.0352 e. The molecule has 0 aliphatic heterocycles. The third-order valence-corrected chi connectivity index (χ3v) is 12.0. The molecule has 2 unspecified atom stereocenters. The van der Waals surface area contributed by atoms with Gasteiger partial charge < -0.3 is 0 Å². The van der Waals surface area contributed by atoms with Crippen LogP contribution in [0.1, 0.15) is 45.2 Å². The quantitative estimate of drug-likeness (QED) is 0.161. The van der Waals surface area contributed by atoms with Crippen LogP contribution in [0.4, 0.5) is 0 Å². The molecule has 2 aliphatic rings. The standard InChI is InChI=1S/C56H38/c1-4-15-37(16-5-1)39-27-29-40(30-28-39)44-33-43(38-17-6-2-7-18-38)34-45(35-44)55-49-23-12-13-24-50(49)56-46(25-14-26-52(55)56)42-31-32-51-53(36-42)47-21-10-11-22-48(47)54(51)41-19-8-3-9-20-41/h1-36,54-55H. The van der Waals surface area contributed by atoms with Gasteiger partial charge in [-0.15, -0.1) is 0 Å². The lowest BCUT2D eigenvalue weighted by Crippen LogP contribution is -2.01. The van der Waals surface area contributed by atoms with Crippen molar-refractivity contribution in [3.05, 3.63) is 252 Å². The summed E-state index contributed by atoms with van der Waals surface area (Å²) in [5, 5.41) is 0. The zero-order chi connectivity index (χ0) is 37.0. The van der Waals surface area contributed by atoms with Crippen LogP contribution in [0, 0.1) is 0 Å². The highest BCUT2D eigenvalue weighted by Crippen LogP contribution is 2.54. The van der Waals surface area contributed by atoms with Crippen molar-refractivity contribution in [1.82, 2.24) is 0 Å². The molecule has 0 fully saturated rings. The molecule has 2 aliphatic carbocycles. The molecule has 0 heterocycles. The molecule has 0 nitrogen and oxygen atoms in total. The van der Waals surface area contributed by atoms with Gasteiger partial charge in [0.25, 0.3) is 0 Å². The fourth-order valence-electron chi connectivity index (χ4n) is 9.50. The molecule has 0 bridgehead atoms. The van der Waals surface area contributed by atoms with E-state index in [9.17, 15) is 0 Å². The van der Waals surface area contributed by atoms with Crippen molar-refractivity contribution in [3.8, 4) is 66.8 Å². The molecule has 0 N–H and O–H groups in total. The molecule has 0 saturated carbocycles. The molecule has 11 rings (SSSR count). The zero-order valence-electron chi connectivity index (χ0n) is 30.9. The van der Waals surface area contributed by atoms with Gasteiger partial charge in [0, 0.05) is 11.8 Å². The van der Waals surface area contributed by atoms with Crippen molar-refractivity contribution in [3.63, 3.8) is 0 Å². The first-order chi connectivity index (χ1) is 27.8. The largest absolute Gasteiger partial charge is 0.0622 e. The molecule has 9 aromatic rings. The third kappa shape index (κ3) is 5.37. The van der Waals surface area contributed by atoms with E-state index in [-0.39, 0.29) is 11.8 Å². The van der Waals surface area contributed by atoms with Gasteiger partial charge in [0.05, 0.1) is 0 Å². The van der Waals surface area contributed by atoms with Crippen molar-refractivity contribution in [2.45, 2.75) is 11.8 Å². The highest BCUT2D eigenvalue weighted by atomic mass is 14.4. The summed E-state index contributed by atoms with van der Waals surface area (Å²) in [4.78, 5) is 0. The van der Waals surface area contributed by atoms with Crippen LogP contribution in [0.5, 0.6) is 0 Å². The van der Waals surface area contributed by atoms with Crippen molar-refractivity contribution < 1.29 is 0 Å². The summed E-state index contributed by atoms with van der Waals surface area (Å²) in [6, 6.07) is 80.9. The molecule has 0 spiro atoms. The van der Waals surface area contributed by atoms with Crippen LogP contribution in [0.15, 0.2) is 218 Å². The summed E-state index contributed by atoms with van der Waals surface area (Å²) >= 11 is 0. The number of hydrogen-bond acceptors (Lipinski definition) is 0. The molecule has 262 valence electrons. The maximum absolute atomic E-state index is 2.45. The van der Waals surface area contributed by atoms with Gasteiger partial charge in [-0.2, -0.15) is 0 Å². The SMILES string of the molecule is c1ccc(-c2ccc(-c3cc(-c4ccccc4)cc(C4c5ccccc5-c5c(-c6ccc7c(c6)-c6ccccc6C7c6ccccc6)cccc54)c3)cc2)cc1. The van der Waals surface area contributed by atoms with Crippen molar-refractivity contribution in [2.75, 3.05) is 0 Å². The second-order valence-corrected chi connectivity index (χ2v) is 15.2. The molecule has 0 amide bonds. The Balaban J connectivity index is 1.06. The van der Waals surface area contributed by atoms with Crippen molar-refractivity contribution in [1.29, 1.82) is 0 Å². The van der Waals surface area contributed by atoms with Gasteiger partial charge in [-0.3, -0.25) is 0 Å². The van der Waals surface area contributed by atoms with E-state index >= 15 is 0 Å². The molecule has 56 heavy (non-hydrogen) atoms. The van der Waals surface area contributed by atoms with E-state index in [4.69, 9.17) is 0 Å². The Kier molecular flexibility index (Phi) is 7.74. The lowest BCUT2D eigenvalue weighted by molar-refractivity contribution is 1.01. The minimum atomic E-state index is 0.102. The lowest BCUT2D eigenvalue weighted by Gasteiger charge is -2.19. The summed E-state index contributed by atoms with van der Waals surface area (Å²) in [6.07, 6.45) is 0. The molecule has 2 atom stereocenters. The minimum absolute atomic E-state index is 0.102. The second-order valence-electron chi connectivity index (χ2n) is 15.2. The molecular weight excluding hydrogens is 673 g/mol. The predicted molar refractivity (Wildman–Crippen MR) is 234 cm³/mol. The summed E-state index contributed by atoms with van der Waals surface area (Å²) < 4.78 is 0. The monoisotopic (exact) mass is 710 g/mol. The molecule has 0 radical (unpaired) electrons. The van der Waals surface area contributed by atoms with Crippen LogP contribution >= 0.6 is 0 Å². The van der Waals surface area contributed by atoms with Crippen LogP contribution < -0.4 is 0 Å². The van der Waals surface area contributed by atoms with E-state index in [2.05, 4.69) is 218 Å².